The molecule has 0 fully saturated rings. The maximum absolute atomic E-state index is 13.0. The molecule has 0 aliphatic rings. The van der Waals surface area contributed by atoms with E-state index >= 15 is 0 Å². The number of halogens is 1. The lowest BCUT2D eigenvalue weighted by molar-refractivity contribution is -0.139. The van der Waals surface area contributed by atoms with Gasteiger partial charge in [0.2, 0.25) is 0 Å². The van der Waals surface area contributed by atoms with E-state index in [0.717, 1.165) is 11.8 Å². The van der Waals surface area contributed by atoms with Crippen molar-refractivity contribution < 1.29 is 19.1 Å². The van der Waals surface area contributed by atoms with E-state index in [1.165, 1.54) is 18.2 Å². The summed E-state index contributed by atoms with van der Waals surface area (Å²) < 4.78 is 13.0. The zero-order valence-corrected chi connectivity index (χ0v) is 11.4. The Bertz CT molecular complexity index is 453. The van der Waals surface area contributed by atoms with Crippen LogP contribution >= 0.6 is 11.8 Å². The second-order valence-corrected chi connectivity index (χ2v) is 5.25. The number of thioether (sulfide) groups is 1. The maximum atomic E-state index is 13.0. The maximum Gasteiger partial charge on any atom is 0.326 e. The Balaban J connectivity index is 2.63. The van der Waals surface area contributed by atoms with Crippen LogP contribution in [0.3, 0.4) is 0 Å². The minimum Gasteiger partial charge on any atom is -0.480 e. The van der Waals surface area contributed by atoms with Gasteiger partial charge < -0.3 is 10.4 Å². The fourth-order valence-electron chi connectivity index (χ4n) is 1.47. The molecule has 6 heteroatoms. The van der Waals surface area contributed by atoms with Gasteiger partial charge in [0.15, 0.2) is 0 Å². The first-order valence-corrected chi connectivity index (χ1v) is 7.07. The quantitative estimate of drug-likeness (QED) is 0.753. The van der Waals surface area contributed by atoms with Crippen LogP contribution in [0.25, 0.3) is 0 Å². The van der Waals surface area contributed by atoms with E-state index in [1.807, 2.05) is 6.92 Å². The van der Waals surface area contributed by atoms with Gasteiger partial charge in [-0.1, -0.05) is 13.0 Å². The summed E-state index contributed by atoms with van der Waals surface area (Å²) in [7, 11) is 0. The topological polar surface area (TPSA) is 66.4 Å². The Morgan fingerprint density at radius 2 is 2.21 bits per heavy atom. The lowest BCUT2D eigenvalue weighted by Crippen LogP contribution is -2.41. The SMILES string of the molecule is CCSCCC(NC(=O)c1cccc(F)c1)C(=O)O. The number of carboxylic acids is 1. The third-order valence-electron chi connectivity index (χ3n) is 2.45. The predicted molar refractivity (Wildman–Crippen MR) is 72.9 cm³/mol. The number of hydrogen-bond acceptors (Lipinski definition) is 3. The van der Waals surface area contributed by atoms with Crippen LogP contribution in [0, 0.1) is 5.82 Å². The second-order valence-electron chi connectivity index (χ2n) is 3.86. The van der Waals surface area contributed by atoms with E-state index in [2.05, 4.69) is 5.32 Å². The predicted octanol–water partition coefficient (Wildman–Crippen LogP) is 2.15. The first-order valence-electron chi connectivity index (χ1n) is 5.91. The average molecular weight is 285 g/mol. The summed E-state index contributed by atoms with van der Waals surface area (Å²) in [5.74, 6) is -0.642. The normalized spacial score (nSPS) is 11.9. The standard InChI is InChI=1S/C13H16FNO3S/c1-2-19-7-6-11(13(17)18)15-12(16)9-4-3-5-10(14)8-9/h3-5,8,11H,2,6-7H2,1H3,(H,15,16)(H,17,18). The minimum atomic E-state index is -1.08. The van der Waals surface area contributed by atoms with Gasteiger partial charge >= 0.3 is 5.97 Å². The molecule has 1 unspecified atom stereocenters. The summed E-state index contributed by atoms with van der Waals surface area (Å²) in [6, 6.07) is 4.21. The number of benzene rings is 1. The average Bonchev–Trinajstić information content (AvgIpc) is 2.37. The first kappa shape index (κ1) is 15.5. The third kappa shape index (κ3) is 5.30. The molecule has 104 valence electrons. The molecule has 0 spiro atoms. The van der Waals surface area contributed by atoms with Crippen molar-refractivity contribution in [2.24, 2.45) is 0 Å². The molecular formula is C13H16FNO3S. The zero-order valence-electron chi connectivity index (χ0n) is 10.6. The van der Waals surface area contributed by atoms with Crippen molar-refractivity contribution in [3.63, 3.8) is 0 Å². The van der Waals surface area contributed by atoms with E-state index in [-0.39, 0.29) is 5.56 Å². The molecule has 1 aromatic carbocycles. The van der Waals surface area contributed by atoms with Crippen molar-refractivity contribution >= 4 is 23.6 Å². The fraction of sp³-hybridized carbons (Fsp3) is 0.385. The molecule has 0 heterocycles. The highest BCUT2D eigenvalue weighted by Crippen LogP contribution is 2.07. The van der Waals surface area contributed by atoms with Crippen LogP contribution < -0.4 is 5.32 Å². The van der Waals surface area contributed by atoms with Gasteiger partial charge in [0, 0.05) is 5.56 Å². The third-order valence-corrected chi connectivity index (χ3v) is 3.38. The van der Waals surface area contributed by atoms with Crippen molar-refractivity contribution in [1.29, 1.82) is 0 Å². The minimum absolute atomic E-state index is 0.120. The highest BCUT2D eigenvalue weighted by Gasteiger charge is 2.20. The highest BCUT2D eigenvalue weighted by molar-refractivity contribution is 7.99. The smallest absolute Gasteiger partial charge is 0.326 e. The molecule has 0 bridgehead atoms. The number of nitrogens with one attached hydrogen (secondary N) is 1. The molecule has 2 N–H and O–H groups in total. The first-order chi connectivity index (χ1) is 9.04. The van der Waals surface area contributed by atoms with Crippen molar-refractivity contribution in [2.45, 2.75) is 19.4 Å². The van der Waals surface area contributed by atoms with Gasteiger partial charge in [-0.25, -0.2) is 9.18 Å². The number of carboxylic acid groups (broad SMARTS) is 1. The van der Waals surface area contributed by atoms with E-state index in [0.29, 0.717) is 12.2 Å². The van der Waals surface area contributed by atoms with Gasteiger partial charge in [-0.2, -0.15) is 11.8 Å². The van der Waals surface area contributed by atoms with Gasteiger partial charge in [-0.3, -0.25) is 4.79 Å². The summed E-state index contributed by atoms with van der Waals surface area (Å²) >= 11 is 1.60. The lowest BCUT2D eigenvalue weighted by Gasteiger charge is -2.14. The van der Waals surface area contributed by atoms with Gasteiger partial charge in [0.1, 0.15) is 11.9 Å². The fourth-order valence-corrected chi connectivity index (χ4v) is 2.17. The lowest BCUT2D eigenvalue weighted by atomic mass is 10.1. The number of amides is 1. The molecule has 1 rings (SSSR count). The molecule has 1 amide bonds. The van der Waals surface area contributed by atoms with Crippen LogP contribution in [0.1, 0.15) is 23.7 Å². The number of rotatable bonds is 7. The summed E-state index contributed by atoms with van der Waals surface area (Å²) in [5.41, 5.74) is 0.120. The molecule has 0 aliphatic carbocycles. The molecule has 1 aromatic rings. The Hall–Kier alpha value is -1.56. The van der Waals surface area contributed by atoms with E-state index in [4.69, 9.17) is 5.11 Å². The summed E-state index contributed by atoms with van der Waals surface area (Å²) in [6.45, 7) is 1.98. The Kier molecular flexibility index (Phi) is 6.35. The molecule has 4 nitrogen and oxygen atoms in total. The van der Waals surface area contributed by atoms with Crippen molar-refractivity contribution in [1.82, 2.24) is 5.32 Å². The summed E-state index contributed by atoms with van der Waals surface area (Å²) in [5, 5.41) is 11.4. The number of carbonyl (C=O) groups is 2. The van der Waals surface area contributed by atoms with E-state index < -0.39 is 23.7 Å². The molecule has 0 aromatic heterocycles. The monoisotopic (exact) mass is 285 g/mol. The largest absolute Gasteiger partial charge is 0.480 e. The molecule has 1 atom stereocenters. The Morgan fingerprint density at radius 3 is 2.79 bits per heavy atom. The number of aliphatic carboxylic acids is 1. The second kappa shape index (κ2) is 7.78. The molecule has 19 heavy (non-hydrogen) atoms. The Labute approximate surface area is 115 Å². The molecule has 0 saturated carbocycles. The van der Waals surface area contributed by atoms with E-state index in [1.54, 1.807) is 11.8 Å². The van der Waals surface area contributed by atoms with Crippen LogP contribution in [-0.2, 0) is 4.79 Å². The molecule has 0 saturated heterocycles. The Morgan fingerprint density at radius 1 is 1.47 bits per heavy atom. The van der Waals surface area contributed by atoms with Crippen molar-refractivity contribution in [3.05, 3.63) is 35.6 Å². The van der Waals surface area contributed by atoms with E-state index in [9.17, 15) is 14.0 Å². The van der Waals surface area contributed by atoms with Crippen molar-refractivity contribution in [3.8, 4) is 0 Å². The van der Waals surface area contributed by atoms with Gasteiger partial charge in [-0.05, 0) is 36.1 Å². The molecular weight excluding hydrogens is 269 g/mol. The van der Waals surface area contributed by atoms with Crippen LogP contribution in [0.5, 0.6) is 0 Å². The van der Waals surface area contributed by atoms with Gasteiger partial charge in [-0.15, -0.1) is 0 Å². The summed E-state index contributed by atoms with van der Waals surface area (Å²) in [6.07, 6.45) is 0.342. The van der Waals surface area contributed by atoms with Crippen LogP contribution in [0.15, 0.2) is 24.3 Å². The summed E-state index contributed by atoms with van der Waals surface area (Å²) in [4.78, 5) is 22.8. The zero-order chi connectivity index (χ0) is 14.3. The van der Waals surface area contributed by atoms with Crippen LogP contribution in [0.2, 0.25) is 0 Å². The van der Waals surface area contributed by atoms with Gasteiger partial charge in [0.25, 0.3) is 5.91 Å². The number of hydrogen-bond donors (Lipinski definition) is 2. The number of carbonyl (C=O) groups excluding carboxylic acids is 1. The highest BCUT2D eigenvalue weighted by atomic mass is 32.2. The molecule has 0 aliphatic heterocycles. The van der Waals surface area contributed by atoms with Crippen LogP contribution in [0.4, 0.5) is 4.39 Å². The van der Waals surface area contributed by atoms with Crippen molar-refractivity contribution in [2.75, 3.05) is 11.5 Å². The van der Waals surface area contributed by atoms with Crippen LogP contribution in [-0.4, -0.2) is 34.5 Å². The molecule has 0 radical (unpaired) electrons. The van der Waals surface area contributed by atoms with Gasteiger partial charge in [0.05, 0.1) is 0 Å².